The summed E-state index contributed by atoms with van der Waals surface area (Å²) >= 11 is 0. The molecule has 1 atom stereocenters. The van der Waals surface area contributed by atoms with E-state index >= 15 is 0 Å². The lowest BCUT2D eigenvalue weighted by Crippen LogP contribution is -2.26. The minimum Gasteiger partial charge on any atom is -0.486 e. The van der Waals surface area contributed by atoms with Crippen LogP contribution in [0.4, 0.5) is 11.6 Å². The number of fused-ring (bicyclic) bond motifs is 1. The first-order valence-corrected chi connectivity index (χ1v) is 7.97. The molecule has 8 nitrogen and oxygen atoms in total. The zero-order valence-electron chi connectivity index (χ0n) is 13.3. The topological polar surface area (TPSA) is 82.7 Å². The Bertz CT molecular complexity index is 788. The van der Waals surface area contributed by atoms with Crippen LogP contribution in [0.15, 0.2) is 24.5 Å². The molecule has 0 spiro atoms. The van der Waals surface area contributed by atoms with Crippen molar-refractivity contribution in [2.24, 2.45) is 7.05 Å². The fourth-order valence-electron chi connectivity index (χ4n) is 3.57. The molecule has 0 aliphatic carbocycles. The van der Waals surface area contributed by atoms with Gasteiger partial charge in [-0.15, -0.1) is 0 Å². The number of rotatable bonds is 3. The number of benzene rings is 1. The largest absolute Gasteiger partial charge is 0.486 e. The van der Waals surface area contributed by atoms with Gasteiger partial charge in [0.05, 0.1) is 6.04 Å². The molecule has 2 aromatic rings. The maximum absolute atomic E-state index is 11.3. The van der Waals surface area contributed by atoms with Crippen molar-refractivity contribution in [3.05, 3.63) is 40.2 Å². The first-order chi connectivity index (χ1) is 11.7. The summed E-state index contributed by atoms with van der Waals surface area (Å²) in [6.07, 6.45) is 3.35. The Balaban J connectivity index is 1.77. The maximum Gasteiger partial charge on any atom is 0.406 e. The lowest BCUT2D eigenvalue weighted by Gasteiger charge is -2.29. The Morgan fingerprint density at radius 2 is 2.17 bits per heavy atom. The average molecular weight is 330 g/mol. The highest BCUT2D eigenvalue weighted by Gasteiger charge is 2.36. The van der Waals surface area contributed by atoms with E-state index in [4.69, 9.17) is 9.47 Å². The van der Waals surface area contributed by atoms with Gasteiger partial charge in [0.2, 0.25) is 12.1 Å². The van der Waals surface area contributed by atoms with Gasteiger partial charge >= 0.3 is 5.82 Å². The Kier molecular flexibility index (Phi) is 3.51. The Morgan fingerprint density at radius 1 is 1.33 bits per heavy atom. The van der Waals surface area contributed by atoms with Crippen molar-refractivity contribution in [2.45, 2.75) is 18.9 Å². The van der Waals surface area contributed by atoms with Crippen molar-refractivity contribution < 1.29 is 14.4 Å². The molecule has 0 amide bonds. The summed E-state index contributed by atoms with van der Waals surface area (Å²) in [5.74, 6) is 1.93. The van der Waals surface area contributed by atoms with Crippen LogP contribution >= 0.6 is 0 Å². The van der Waals surface area contributed by atoms with Gasteiger partial charge in [0.1, 0.15) is 13.2 Å². The smallest absolute Gasteiger partial charge is 0.406 e. The molecule has 1 aromatic heterocycles. The highest BCUT2D eigenvalue weighted by atomic mass is 16.6. The van der Waals surface area contributed by atoms with Crippen LogP contribution in [0.3, 0.4) is 0 Å². The second-order valence-electron chi connectivity index (χ2n) is 5.98. The number of anilines is 1. The summed E-state index contributed by atoms with van der Waals surface area (Å²) in [5, 5.41) is 11.3. The zero-order chi connectivity index (χ0) is 16.7. The van der Waals surface area contributed by atoms with E-state index in [1.54, 1.807) is 11.6 Å². The summed E-state index contributed by atoms with van der Waals surface area (Å²) in [7, 11) is 1.78. The van der Waals surface area contributed by atoms with Crippen molar-refractivity contribution in [2.75, 3.05) is 24.7 Å². The molecule has 0 unspecified atom stereocenters. The first kappa shape index (κ1) is 14.8. The molecule has 1 aromatic carbocycles. The van der Waals surface area contributed by atoms with Crippen LogP contribution in [0.1, 0.15) is 24.4 Å². The van der Waals surface area contributed by atoms with Gasteiger partial charge in [-0.25, -0.2) is 0 Å². The molecule has 1 fully saturated rings. The number of imidazole rings is 1. The molecule has 8 heteroatoms. The molecular weight excluding hydrogens is 312 g/mol. The molecule has 1 saturated heterocycles. The summed E-state index contributed by atoms with van der Waals surface area (Å²) in [6, 6.07) is 5.86. The molecule has 2 aliphatic rings. The minimum absolute atomic E-state index is 0.00995. The SMILES string of the molecule is Cn1cnc([N+](=O)[O-])c1N1CCC[C@H]1c1cccc2c1OCCO2. The fraction of sp³-hybridized carbons (Fsp3) is 0.438. The summed E-state index contributed by atoms with van der Waals surface area (Å²) < 4.78 is 13.2. The third-order valence-corrected chi connectivity index (χ3v) is 4.54. The Hall–Kier alpha value is -2.77. The quantitative estimate of drug-likeness (QED) is 0.635. The van der Waals surface area contributed by atoms with Gasteiger partial charge in [0, 0.05) is 19.2 Å². The molecule has 0 saturated carbocycles. The van der Waals surface area contributed by atoms with Crippen LogP contribution in [0.25, 0.3) is 0 Å². The van der Waals surface area contributed by atoms with Crippen molar-refractivity contribution >= 4 is 11.6 Å². The van der Waals surface area contributed by atoms with E-state index in [1.165, 1.54) is 6.33 Å². The number of nitro groups is 1. The van der Waals surface area contributed by atoms with Crippen molar-refractivity contribution in [3.63, 3.8) is 0 Å². The van der Waals surface area contributed by atoms with Gasteiger partial charge in [-0.3, -0.25) is 4.57 Å². The van der Waals surface area contributed by atoms with E-state index in [-0.39, 0.29) is 11.9 Å². The van der Waals surface area contributed by atoms with Crippen LogP contribution in [0, 0.1) is 10.1 Å². The van der Waals surface area contributed by atoms with Crippen molar-refractivity contribution in [1.29, 1.82) is 0 Å². The van der Waals surface area contributed by atoms with E-state index < -0.39 is 4.92 Å². The van der Waals surface area contributed by atoms with E-state index in [0.29, 0.717) is 19.0 Å². The molecule has 0 radical (unpaired) electrons. The van der Waals surface area contributed by atoms with Crippen molar-refractivity contribution in [1.82, 2.24) is 9.55 Å². The number of ether oxygens (including phenoxy) is 2. The monoisotopic (exact) mass is 330 g/mol. The number of hydrogen-bond donors (Lipinski definition) is 0. The summed E-state index contributed by atoms with van der Waals surface area (Å²) in [4.78, 5) is 16.9. The third kappa shape index (κ3) is 2.26. The van der Waals surface area contributed by atoms with Crippen LogP contribution in [-0.2, 0) is 7.05 Å². The van der Waals surface area contributed by atoms with Crippen LogP contribution < -0.4 is 14.4 Å². The molecule has 24 heavy (non-hydrogen) atoms. The second kappa shape index (κ2) is 5.70. The van der Waals surface area contributed by atoms with Gasteiger partial charge in [-0.2, -0.15) is 0 Å². The van der Waals surface area contributed by atoms with Crippen LogP contribution in [0.5, 0.6) is 11.5 Å². The standard InChI is InChI=1S/C16H18N4O4/c1-18-10-17-15(20(21)22)16(18)19-7-3-5-12(19)11-4-2-6-13-14(11)24-9-8-23-13/h2,4,6,10,12H,3,5,7-9H2,1H3/t12-/m0/s1. The Morgan fingerprint density at radius 3 is 3.00 bits per heavy atom. The number of aromatic nitrogens is 2. The normalized spacial score (nSPS) is 19.5. The summed E-state index contributed by atoms with van der Waals surface area (Å²) in [6.45, 7) is 1.80. The Labute approximate surface area is 138 Å². The fourth-order valence-corrected chi connectivity index (χ4v) is 3.57. The van der Waals surface area contributed by atoms with Crippen LogP contribution in [-0.4, -0.2) is 34.2 Å². The first-order valence-electron chi connectivity index (χ1n) is 7.97. The predicted molar refractivity (Wildman–Crippen MR) is 86.6 cm³/mol. The van der Waals surface area contributed by atoms with Gasteiger partial charge in [0.15, 0.2) is 11.5 Å². The van der Waals surface area contributed by atoms with E-state index in [1.807, 2.05) is 18.2 Å². The van der Waals surface area contributed by atoms with Gasteiger partial charge in [-0.05, 0) is 28.8 Å². The van der Waals surface area contributed by atoms with Gasteiger partial charge in [0.25, 0.3) is 0 Å². The number of nitrogens with zero attached hydrogens (tertiary/aromatic N) is 4. The average Bonchev–Trinajstić information content (AvgIpc) is 3.20. The number of aryl methyl sites for hydroxylation is 1. The predicted octanol–water partition coefficient (Wildman–Crippen LogP) is 2.44. The molecule has 126 valence electrons. The van der Waals surface area contributed by atoms with Crippen molar-refractivity contribution in [3.8, 4) is 11.5 Å². The minimum atomic E-state index is -0.426. The van der Waals surface area contributed by atoms with Crippen LogP contribution in [0.2, 0.25) is 0 Å². The number of hydrogen-bond acceptors (Lipinski definition) is 6. The molecule has 2 aliphatic heterocycles. The maximum atomic E-state index is 11.3. The van der Waals surface area contributed by atoms with Gasteiger partial charge in [-0.1, -0.05) is 12.1 Å². The molecule has 4 rings (SSSR count). The molecule has 0 bridgehead atoms. The van der Waals surface area contributed by atoms with E-state index in [9.17, 15) is 10.1 Å². The summed E-state index contributed by atoms with van der Waals surface area (Å²) in [5.41, 5.74) is 1.01. The lowest BCUT2D eigenvalue weighted by molar-refractivity contribution is -0.388. The molecular formula is C16H18N4O4. The number of para-hydroxylation sites is 1. The zero-order valence-corrected chi connectivity index (χ0v) is 13.3. The van der Waals surface area contributed by atoms with Gasteiger partial charge < -0.3 is 24.5 Å². The highest BCUT2D eigenvalue weighted by Crippen LogP contribution is 2.45. The second-order valence-corrected chi connectivity index (χ2v) is 5.98. The van der Waals surface area contributed by atoms with E-state index in [0.717, 1.165) is 36.4 Å². The third-order valence-electron chi connectivity index (χ3n) is 4.54. The highest BCUT2D eigenvalue weighted by molar-refractivity contribution is 5.59. The lowest BCUT2D eigenvalue weighted by atomic mass is 10.0. The van der Waals surface area contributed by atoms with E-state index in [2.05, 4.69) is 9.88 Å². The molecule has 3 heterocycles. The molecule has 0 N–H and O–H groups in total.